The van der Waals surface area contributed by atoms with E-state index in [1.54, 1.807) is 0 Å². The van der Waals surface area contributed by atoms with Gasteiger partial charge in [0.1, 0.15) is 0 Å². The van der Waals surface area contributed by atoms with E-state index >= 15 is 0 Å². The van der Waals surface area contributed by atoms with Gasteiger partial charge in [-0.05, 0) is 0 Å². The third-order valence-corrected chi connectivity index (χ3v) is 5.52. The Kier molecular flexibility index (Phi) is 18.3. The fourth-order valence-corrected chi connectivity index (χ4v) is 4.00. The molecule has 2 radical (unpaired) electrons. The Morgan fingerprint density at radius 3 is 1.47 bits per heavy atom. The number of carboxylic acid groups (broad SMARTS) is 2. The number of carbonyl (C=O) groups is 2. The maximum absolute atomic E-state index is 10.1. The first-order chi connectivity index (χ1) is 6.13. The zero-order valence-electron chi connectivity index (χ0n) is 8.45. The molecule has 6 N–H and O–H groups in total. The SMILES string of the molecule is O.O.O=C(O)CC[CH2][Sn][CH2]CCC(=O)O. The summed E-state index contributed by atoms with van der Waals surface area (Å²) in [6.07, 6.45) is 2.07. The summed E-state index contributed by atoms with van der Waals surface area (Å²) in [5.74, 6) is -1.46. The van der Waals surface area contributed by atoms with Crippen molar-refractivity contribution in [2.24, 2.45) is 0 Å². The summed E-state index contributed by atoms with van der Waals surface area (Å²) in [7, 11) is 0. The first-order valence-corrected chi connectivity index (χ1v) is 8.31. The third kappa shape index (κ3) is 19.9. The molecule has 0 aromatic heterocycles. The standard InChI is InChI=1S/2C4H7O2.2H2O.Sn/c2*1-2-3-4(5)6;;;/h2*1-3H2,(H,5,6);2*1H2;. The number of carboxylic acids is 2. The van der Waals surface area contributed by atoms with Crippen molar-refractivity contribution in [1.29, 1.82) is 0 Å². The minimum atomic E-state index is -0.732. The molecule has 15 heavy (non-hydrogen) atoms. The molecule has 0 saturated carbocycles. The predicted molar refractivity (Wildman–Crippen MR) is 56.3 cm³/mol. The normalized spacial score (nSPS) is 8.53. The summed E-state index contributed by atoms with van der Waals surface area (Å²) in [5, 5.41) is 16.7. The van der Waals surface area contributed by atoms with Gasteiger partial charge >= 0.3 is 87.4 Å². The molecule has 0 aliphatic carbocycles. The summed E-state index contributed by atoms with van der Waals surface area (Å²) in [6, 6.07) is 0. The van der Waals surface area contributed by atoms with Crippen molar-refractivity contribution in [3.05, 3.63) is 0 Å². The van der Waals surface area contributed by atoms with E-state index in [0.29, 0.717) is 0 Å². The average molecular weight is 329 g/mol. The molecule has 6 nitrogen and oxygen atoms in total. The van der Waals surface area contributed by atoms with Crippen LogP contribution in [0.4, 0.5) is 0 Å². The monoisotopic (exact) mass is 330 g/mol. The van der Waals surface area contributed by atoms with E-state index in [0.717, 1.165) is 21.7 Å². The molecule has 0 aromatic rings. The topological polar surface area (TPSA) is 138 Å². The van der Waals surface area contributed by atoms with E-state index in [9.17, 15) is 9.59 Å². The van der Waals surface area contributed by atoms with Gasteiger partial charge in [0, 0.05) is 0 Å². The van der Waals surface area contributed by atoms with Crippen LogP contribution in [0.3, 0.4) is 0 Å². The molecule has 7 heteroatoms. The second-order valence-corrected chi connectivity index (χ2v) is 7.03. The summed E-state index contributed by atoms with van der Waals surface area (Å²) in [6.45, 7) is 0. The van der Waals surface area contributed by atoms with Crippen molar-refractivity contribution in [3.63, 3.8) is 0 Å². The number of hydrogen-bond acceptors (Lipinski definition) is 2. The van der Waals surface area contributed by atoms with Gasteiger partial charge < -0.3 is 11.0 Å². The Bertz CT molecular complexity index is 155. The van der Waals surface area contributed by atoms with E-state index in [1.165, 1.54) is 0 Å². The van der Waals surface area contributed by atoms with Crippen LogP contribution in [-0.2, 0) is 9.59 Å². The third-order valence-electron chi connectivity index (χ3n) is 1.49. The van der Waals surface area contributed by atoms with E-state index in [4.69, 9.17) is 10.2 Å². The molecule has 0 aromatic carbocycles. The Labute approximate surface area is 98.5 Å². The van der Waals surface area contributed by atoms with Crippen LogP contribution in [0.1, 0.15) is 25.7 Å². The van der Waals surface area contributed by atoms with E-state index in [1.807, 2.05) is 0 Å². The van der Waals surface area contributed by atoms with Crippen molar-refractivity contribution in [2.75, 3.05) is 0 Å². The van der Waals surface area contributed by atoms with Crippen molar-refractivity contribution in [2.45, 2.75) is 34.6 Å². The van der Waals surface area contributed by atoms with Gasteiger partial charge in [-0.3, -0.25) is 0 Å². The maximum atomic E-state index is 10.1. The Morgan fingerprint density at radius 2 is 1.20 bits per heavy atom. The molecule has 0 heterocycles. The van der Waals surface area contributed by atoms with Crippen LogP contribution in [0.15, 0.2) is 0 Å². The van der Waals surface area contributed by atoms with E-state index < -0.39 is 33.1 Å². The Morgan fingerprint density at radius 1 is 0.867 bits per heavy atom. The Hall–Kier alpha value is -0.341. The fourth-order valence-electron chi connectivity index (χ4n) is 0.854. The molecule has 0 unspecified atom stereocenters. The second kappa shape index (κ2) is 13.7. The molecule has 0 saturated heterocycles. The zero-order valence-corrected chi connectivity index (χ0v) is 11.3. The molecule has 0 fully saturated rings. The van der Waals surface area contributed by atoms with Crippen LogP contribution in [0, 0.1) is 0 Å². The van der Waals surface area contributed by atoms with Crippen LogP contribution in [0.5, 0.6) is 0 Å². The first kappa shape index (κ1) is 20.1. The molecular weight excluding hydrogens is 311 g/mol. The first-order valence-electron chi connectivity index (χ1n) is 4.27. The summed E-state index contributed by atoms with van der Waals surface area (Å²) < 4.78 is 2.10. The number of rotatable bonds is 8. The summed E-state index contributed by atoms with van der Waals surface area (Å²) >= 11 is -0.455. The average Bonchev–Trinajstić information content (AvgIpc) is 2.01. The van der Waals surface area contributed by atoms with Crippen LogP contribution in [0.25, 0.3) is 0 Å². The molecule has 0 rings (SSSR count). The summed E-state index contributed by atoms with van der Waals surface area (Å²) in [5.41, 5.74) is 0. The minimum absolute atomic E-state index is 0. The van der Waals surface area contributed by atoms with Gasteiger partial charge in [0.05, 0.1) is 0 Å². The molecule has 90 valence electrons. The number of aliphatic carboxylic acids is 2. The van der Waals surface area contributed by atoms with Crippen LogP contribution in [-0.4, -0.2) is 54.2 Å². The number of hydrogen-bond donors (Lipinski definition) is 2. The molecular formula is C8H18O6Sn. The molecule has 0 bridgehead atoms. The van der Waals surface area contributed by atoms with Crippen molar-refractivity contribution in [3.8, 4) is 0 Å². The van der Waals surface area contributed by atoms with Crippen molar-refractivity contribution in [1.82, 2.24) is 0 Å². The molecule has 0 aliphatic rings. The van der Waals surface area contributed by atoms with E-state index in [2.05, 4.69) is 0 Å². The predicted octanol–water partition coefficient (Wildman–Crippen LogP) is -0.393. The van der Waals surface area contributed by atoms with Crippen LogP contribution < -0.4 is 0 Å². The van der Waals surface area contributed by atoms with Crippen molar-refractivity contribution >= 4 is 33.1 Å². The molecule has 0 aliphatic heterocycles. The van der Waals surface area contributed by atoms with Gasteiger partial charge in [0.25, 0.3) is 0 Å². The van der Waals surface area contributed by atoms with Gasteiger partial charge in [0.15, 0.2) is 0 Å². The van der Waals surface area contributed by atoms with Gasteiger partial charge in [-0.1, -0.05) is 0 Å². The molecule has 0 amide bonds. The second-order valence-electron chi connectivity index (χ2n) is 2.74. The van der Waals surface area contributed by atoms with Crippen LogP contribution >= 0.6 is 0 Å². The van der Waals surface area contributed by atoms with Crippen molar-refractivity contribution < 1.29 is 30.8 Å². The Balaban J connectivity index is -0.000000720. The van der Waals surface area contributed by atoms with Gasteiger partial charge in [0.2, 0.25) is 0 Å². The fraction of sp³-hybridized carbons (Fsp3) is 0.750. The zero-order chi connectivity index (χ0) is 10.1. The molecule has 0 spiro atoms. The summed E-state index contributed by atoms with van der Waals surface area (Å²) in [4.78, 5) is 20.2. The molecule has 0 atom stereocenters. The quantitative estimate of drug-likeness (QED) is 0.462. The van der Waals surface area contributed by atoms with Crippen LogP contribution in [0.2, 0.25) is 8.87 Å². The van der Waals surface area contributed by atoms with Gasteiger partial charge in [-0.2, -0.15) is 0 Å². The van der Waals surface area contributed by atoms with Gasteiger partial charge in [-0.25, -0.2) is 0 Å². The van der Waals surface area contributed by atoms with Gasteiger partial charge in [-0.15, -0.1) is 0 Å². The van der Waals surface area contributed by atoms with E-state index in [-0.39, 0.29) is 23.8 Å².